The number of ether oxygens (including phenoxy) is 1. The quantitative estimate of drug-likeness (QED) is 0.766. The second-order valence-corrected chi connectivity index (χ2v) is 5.15. The summed E-state index contributed by atoms with van der Waals surface area (Å²) < 4.78 is 5.75. The molecule has 1 nitrogen and oxygen atoms in total. The number of rotatable bonds is 4. The van der Waals surface area contributed by atoms with Crippen molar-refractivity contribution in [1.29, 1.82) is 0 Å². The highest BCUT2D eigenvalue weighted by molar-refractivity contribution is 6.32. The van der Waals surface area contributed by atoms with Crippen LogP contribution in [0.25, 0.3) is 0 Å². The van der Waals surface area contributed by atoms with Crippen LogP contribution in [0.3, 0.4) is 0 Å². The van der Waals surface area contributed by atoms with Crippen LogP contribution in [0.15, 0.2) is 48.5 Å². The van der Waals surface area contributed by atoms with E-state index in [1.807, 2.05) is 42.5 Å². The Morgan fingerprint density at radius 2 is 1.83 bits per heavy atom. The van der Waals surface area contributed by atoms with E-state index in [2.05, 4.69) is 6.07 Å². The lowest BCUT2D eigenvalue weighted by Gasteiger charge is -2.09. The van der Waals surface area contributed by atoms with Gasteiger partial charge in [0.1, 0.15) is 12.4 Å². The van der Waals surface area contributed by atoms with Crippen molar-refractivity contribution in [2.45, 2.75) is 25.4 Å². The van der Waals surface area contributed by atoms with E-state index in [9.17, 15) is 0 Å². The zero-order valence-corrected chi connectivity index (χ0v) is 10.9. The molecule has 2 aromatic rings. The highest BCUT2D eigenvalue weighted by atomic mass is 35.5. The molecule has 0 atom stereocenters. The van der Waals surface area contributed by atoms with E-state index in [1.165, 1.54) is 18.4 Å². The fraction of sp³-hybridized carbons (Fsp3) is 0.250. The summed E-state index contributed by atoms with van der Waals surface area (Å²) in [6, 6.07) is 16.3. The molecule has 1 aliphatic carbocycles. The monoisotopic (exact) mass is 258 g/mol. The minimum atomic E-state index is 0.559. The molecule has 0 amide bonds. The molecule has 1 aliphatic rings. The van der Waals surface area contributed by atoms with Gasteiger partial charge in [-0.3, -0.25) is 0 Å². The molecule has 18 heavy (non-hydrogen) atoms. The van der Waals surface area contributed by atoms with Gasteiger partial charge in [-0.05, 0) is 42.0 Å². The van der Waals surface area contributed by atoms with Gasteiger partial charge in [-0.1, -0.05) is 48.0 Å². The second-order valence-electron chi connectivity index (χ2n) is 4.74. The Morgan fingerprint density at radius 1 is 1.06 bits per heavy atom. The lowest BCUT2D eigenvalue weighted by molar-refractivity contribution is 0.306. The van der Waals surface area contributed by atoms with Gasteiger partial charge in [-0.25, -0.2) is 0 Å². The molecule has 0 saturated heterocycles. The molecule has 2 aromatic carbocycles. The summed E-state index contributed by atoms with van der Waals surface area (Å²) in [6.45, 7) is 0.559. The van der Waals surface area contributed by atoms with Gasteiger partial charge in [0.2, 0.25) is 0 Å². The molecule has 2 heteroatoms. The van der Waals surface area contributed by atoms with Crippen molar-refractivity contribution in [3.8, 4) is 5.75 Å². The summed E-state index contributed by atoms with van der Waals surface area (Å²) >= 11 is 6.24. The fourth-order valence-electron chi connectivity index (χ4n) is 2.04. The van der Waals surface area contributed by atoms with E-state index in [-0.39, 0.29) is 0 Å². The maximum atomic E-state index is 6.24. The van der Waals surface area contributed by atoms with Crippen LogP contribution in [0, 0.1) is 0 Å². The maximum absolute atomic E-state index is 6.24. The predicted molar refractivity (Wildman–Crippen MR) is 74.2 cm³/mol. The largest absolute Gasteiger partial charge is 0.487 e. The van der Waals surface area contributed by atoms with E-state index < -0.39 is 0 Å². The minimum absolute atomic E-state index is 0.559. The highest BCUT2D eigenvalue weighted by Gasteiger charge is 2.23. The van der Waals surface area contributed by atoms with Crippen LogP contribution in [-0.4, -0.2) is 0 Å². The third kappa shape index (κ3) is 2.68. The van der Waals surface area contributed by atoms with E-state index in [4.69, 9.17) is 16.3 Å². The Hall–Kier alpha value is -1.47. The first kappa shape index (κ1) is 11.6. The Balaban J connectivity index is 1.69. The Morgan fingerprint density at radius 3 is 2.50 bits per heavy atom. The van der Waals surface area contributed by atoms with Crippen LogP contribution < -0.4 is 4.74 Å². The molecule has 0 N–H and O–H groups in total. The smallest absolute Gasteiger partial charge is 0.138 e. The molecule has 0 unspecified atom stereocenters. The molecule has 0 bridgehead atoms. The van der Waals surface area contributed by atoms with Crippen LogP contribution in [0.5, 0.6) is 5.75 Å². The van der Waals surface area contributed by atoms with Crippen molar-refractivity contribution in [2.24, 2.45) is 0 Å². The van der Waals surface area contributed by atoms with E-state index in [0.29, 0.717) is 6.61 Å². The van der Waals surface area contributed by atoms with Crippen LogP contribution in [0.2, 0.25) is 5.02 Å². The van der Waals surface area contributed by atoms with Gasteiger partial charge in [0, 0.05) is 0 Å². The van der Waals surface area contributed by atoms with Crippen molar-refractivity contribution in [3.63, 3.8) is 0 Å². The molecule has 3 rings (SSSR count). The van der Waals surface area contributed by atoms with Gasteiger partial charge < -0.3 is 4.74 Å². The lowest BCUT2D eigenvalue weighted by atomic mass is 10.1. The minimum Gasteiger partial charge on any atom is -0.487 e. The molecular formula is C16H15ClO. The van der Waals surface area contributed by atoms with Gasteiger partial charge >= 0.3 is 0 Å². The van der Waals surface area contributed by atoms with Crippen LogP contribution in [0.1, 0.15) is 29.9 Å². The number of benzene rings is 2. The van der Waals surface area contributed by atoms with Gasteiger partial charge in [0.25, 0.3) is 0 Å². The first-order chi connectivity index (χ1) is 8.83. The molecule has 92 valence electrons. The molecule has 1 fully saturated rings. The van der Waals surface area contributed by atoms with Crippen LogP contribution in [-0.2, 0) is 6.61 Å². The zero-order valence-electron chi connectivity index (χ0n) is 10.1. The summed E-state index contributed by atoms with van der Waals surface area (Å²) in [5.74, 6) is 1.50. The summed E-state index contributed by atoms with van der Waals surface area (Å²) in [4.78, 5) is 0. The van der Waals surface area contributed by atoms with Gasteiger partial charge in [-0.15, -0.1) is 0 Å². The summed E-state index contributed by atoms with van der Waals surface area (Å²) in [7, 11) is 0. The standard InChI is InChI=1S/C16H15ClO/c17-15-10-14(13-6-7-13)8-9-16(15)18-11-12-4-2-1-3-5-12/h1-5,8-10,13H,6-7,11H2. The topological polar surface area (TPSA) is 9.23 Å². The number of halogens is 1. The molecule has 0 spiro atoms. The predicted octanol–water partition coefficient (Wildman–Crippen LogP) is 4.80. The van der Waals surface area contributed by atoms with Crippen LogP contribution in [0.4, 0.5) is 0 Å². The highest BCUT2D eigenvalue weighted by Crippen LogP contribution is 2.42. The van der Waals surface area contributed by atoms with Crippen molar-refractivity contribution < 1.29 is 4.74 Å². The third-order valence-corrected chi connectivity index (χ3v) is 3.54. The molecular weight excluding hydrogens is 244 g/mol. The third-order valence-electron chi connectivity index (χ3n) is 3.24. The van der Waals surface area contributed by atoms with E-state index in [0.717, 1.165) is 22.3 Å². The summed E-state index contributed by atoms with van der Waals surface area (Å²) in [6.07, 6.45) is 2.58. The Bertz CT molecular complexity index is 532. The molecule has 0 heterocycles. The molecule has 0 aliphatic heterocycles. The summed E-state index contributed by atoms with van der Waals surface area (Å²) in [5.41, 5.74) is 2.49. The van der Waals surface area contributed by atoms with Crippen molar-refractivity contribution in [1.82, 2.24) is 0 Å². The number of hydrogen-bond donors (Lipinski definition) is 0. The maximum Gasteiger partial charge on any atom is 0.138 e. The second kappa shape index (κ2) is 5.03. The van der Waals surface area contributed by atoms with Crippen molar-refractivity contribution in [3.05, 3.63) is 64.7 Å². The lowest BCUT2D eigenvalue weighted by Crippen LogP contribution is -1.96. The van der Waals surface area contributed by atoms with Gasteiger partial charge in [-0.2, -0.15) is 0 Å². The molecule has 1 saturated carbocycles. The summed E-state index contributed by atoms with van der Waals surface area (Å²) in [5, 5.41) is 0.718. The van der Waals surface area contributed by atoms with Gasteiger partial charge in [0.05, 0.1) is 5.02 Å². The van der Waals surface area contributed by atoms with Crippen molar-refractivity contribution >= 4 is 11.6 Å². The fourth-order valence-corrected chi connectivity index (χ4v) is 2.28. The van der Waals surface area contributed by atoms with Crippen LogP contribution >= 0.6 is 11.6 Å². The first-order valence-electron chi connectivity index (χ1n) is 6.29. The normalized spacial score (nSPS) is 14.5. The average Bonchev–Trinajstić information content (AvgIpc) is 3.23. The average molecular weight is 259 g/mol. The Labute approximate surface area is 112 Å². The SMILES string of the molecule is Clc1cc(C2CC2)ccc1OCc1ccccc1. The van der Waals surface area contributed by atoms with Crippen molar-refractivity contribution in [2.75, 3.05) is 0 Å². The molecule has 0 radical (unpaired) electrons. The van der Waals surface area contributed by atoms with Gasteiger partial charge in [0.15, 0.2) is 0 Å². The van der Waals surface area contributed by atoms with E-state index >= 15 is 0 Å². The number of hydrogen-bond acceptors (Lipinski definition) is 1. The van der Waals surface area contributed by atoms with E-state index in [1.54, 1.807) is 0 Å². The molecule has 0 aromatic heterocycles. The first-order valence-corrected chi connectivity index (χ1v) is 6.67. The zero-order chi connectivity index (χ0) is 12.4. The Kier molecular flexibility index (Phi) is 3.24.